The van der Waals surface area contributed by atoms with E-state index < -0.39 is 0 Å². The van der Waals surface area contributed by atoms with Crippen LogP contribution in [0, 0.1) is 0 Å². The van der Waals surface area contributed by atoms with Crippen molar-refractivity contribution in [2.75, 3.05) is 6.54 Å². The topological polar surface area (TPSA) is 54.7 Å². The minimum absolute atomic E-state index is 0.307. The van der Waals surface area contributed by atoms with Gasteiger partial charge < -0.3 is 10.7 Å². The number of aromatic nitrogens is 2. The third-order valence-corrected chi connectivity index (χ3v) is 3.72. The number of halogens is 2. The second-order valence-electron chi connectivity index (χ2n) is 4.26. The van der Waals surface area contributed by atoms with Gasteiger partial charge in [-0.1, -0.05) is 42.3 Å². The number of nitrogens with one attached hydrogen (secondary N) is 1. The molecule has 0 saturated carbocycles. The average molecular weight is 284 g/mol. The lowest BCUT2D eigenvalue weighted by atomic mass is 10.1. The maximum atomic E-state index is 6.18. The molecule has 1 aromatic carbocycles. The number of hydrogen-bond acceptors (Lipinski definition) is 2. The Hall–Kier alpha value is -1.03. The molecule has 18 heavy (non-hydrogen) atoms. The third-order valence-electron chi connectivity index (χ3n) is 2.90. The van der Waals surface area contributed by atoms with Gasteiger partial charge in [0, 0.05) is 11.5 Å². The largest absolute Gasteiger partial charge is 0.342 e. The third kappa shape index (κ3) is 2.69. The number of nitrogens with two attached hydrogens (primary N) is 1. The Morgan fingerprint density at radius 3 is 2.89 bits per heavy atom. The van der Waals surface area contributed by atoms with Gasteiger partial charge in [-0.15, -0.1) is 0 Å². The molecule has 5 heteroatoms. The Morgan fingerprint density at radius 2 is 2.17 bits per heavy atom. The van der Waals surface area contributed by atoms with Gasteiger partial charge in [0.2, 0.25) is 0 Å². The van der Waals surface area contributed by atoms with Crippen molar-refractivity contribution in [3.05, 3.63) is 40.3 Å². The summed E-state index contributed by atoms with van der Waals surface area (Å²) in [5.74, 6) is 1.23. The molecule has 0 fully saturated rings. The molecule has 2 aromatic rings. The highest BCUT2D eigenvalue weighted by atomic mass is 35.5. The zero-order chi connectivity index (χ0) is 13.1. The maximum absolute atomic E-state index is 6.18. The quantitative estimate of drug-likeness (QED) is 0.896. The first kappa shape index (κ1) is 13.4. The Kier molecular flexibility index (Phi) is 4.27. The fourth-order valence-corrected chi connectivity index (χ4v) is 2.22. The van der Waals surface area contributed by atoms with Gasteiger partial charge in [-0.05, 0) is 19.0 Å². The smallest absolute Gasteiger partial charge is 0.109 e. The summed E-state index contributed by atoms with van der Waals surface area (Å²) in [7, 11) is 0. The number of benzene rings is 1. The number of imidazole rings is 1. The molecule has 0 radical (unpaired) electrons. The van der Waals surface area contributed by atoms with Crippen molar-refractivity contribution >= 4 is 23.2 Å². The molecule has 1 aromatic heterocycles. The van der Waals surface area contributed by atoms with Crippen LogP contribution in [0.3, 0.4) is 0 Å². The first-order chi connectivity index (χ1) is 8.63. The fourth-order valence-electron chi connectivity index (χ4n) is 1.82. The number of rotatable bonds is 4. The van der Waals surface area contributed by atoms with Crippen LogP contribution in [0.15, 0.2) is 24.4 Å². The molecular weight excluding hydrogens is 269 g/mol. The number of hydrogen-bond donors (Lipinski definition) is 2. The van der Waals surface area contributed by atoms with Gasteiger partial charge >= 0.3 is 0 Å². The van der Waals surface area contributed by atoms with E-state index in [-0.39, 0.29) is 0 Å². The lowest BCUT2D eigenvalue weighted by molar-refractivity contribution is 0.655. The van der Waals surface area contributed by atoms with E-state index in [0.717, 1.165) is 23.5 Å². The van der Waals surface area contributed by atoms with Crippen LogP contribution in [-0.4, -0.2) is 16.5 Å². The molecule has 1 unspecified atom stereocenters. The molecule has 96 valence electrons. The van der Waals surface area contributed by atoms with E-state index in [2.05, 4.69) is 16.9 Å². The molecule has 3 nitrogen and oxygen atoms in total. The Balaban J connectivity index is 2.32. The first-order valence-electron chi connectivity index (χ1n) is 5.82. The second kappa shape index (κ2) is 5.74. The van der Waals surface area contributed by atoms with Crippen molar-refractivity contribution in [1.82, 2.24) is 9.97 Å². The van der Waals surface area contributed by atoms with E-state index in [4.69, 9.17) is 28.9 Å². The van der Waals surface area contributed by atoms with Crippen LogP contribution in [0.5, 0.6) is 0 Å². The molecule has 1 atom stereocenters. The van der Waals surface area contributed by atoms with Crippen LogP contribution in [0.1, 0.15) is 25.1 Å². The summed E-state index contributed by atoms with van der Waals surface area (Å²) in [5.41, 5.74) is 7.29. The van der Waals surface area contributed by atoms with Gasteiger partial charge in [-0.2, -0.15) is 0 Å². The monoisotopic (exact) mass is 283 g/mol. The van der Waals surface area contributed by atoms with Crippen LogP contribution >= 0.6 is 23.2 Å². The zero-order valence-corrected chi connectivity index (χ0v) is 11.6. The Morgan fingerprint density at radius 1 is 1.39 bits per heavy atom. The van der Waals surface area contributed by atoms with Gasteiger partial charge in [-0.25, -0.2) is 4.98 Å². The average Bonchev–Trinajstić information content (AvgIpc) is 2.82. The molecular formula is C13H15Cl2N3. The van der Waals surface area contributed by atoms with Crippen molar-refractivity contribution in [2.45, 2.75) is 19.3 Å². The highest BCUT2D eigenvalue weighted by Gasteiger charge is 2.12. The van der Waals surface area contributed by atoms with Crippen molar-refractivity contribution in [2.24, 2.45) is 5.73 Å². The van der Waals surface area contributed by atoms with Crippen molar-refractivity contribution < 1.29 is 0 Å². The van der Waals surface area contributed by atoms with Crippen LogP contribution in [-0.2, 0) is 0 Å². The van der Waals surface area contributed by atoms with Gasteiger partial charge in [0.1, 0.15) is 5.82 Å². The summed E-state index contributed by atoms with van der Waals surface area (Å²) in [6.45, 7) is 2.74. The minimum Gasteiger partial charge on any atom is -0.342 e. The number of H-pyrrole nitrogens is 1. The van der Waals surface area contributed by atoms with Crippen LogP contribution < -0.4 is 5.73 Å². The molecule has 0 aliphatic carbocycles. The summed E-state index contributed by atoms with van der Waals surface area (Å²) in [4.78, 5) is 7.64. The first-order valence-corrected chi connectivity index (χ1v) is 6.58. The Bertz CT molecular complexity index is 537. The minimum atomic E-state index is 0.307. The van der Waals surface area contributed by atoms with Crippen LogP contribution in [0.2, 0.25) is 10.0 Å². The van der Waals surface area contributed by atoms with E-state index in [1.807, 2.05) is 12.1 Å². The molecule has 0 aliphatic rings. The number of nitrogens with zero attached hydrogens (tertiary/aromatic N) is 1. The van der Waals surface area contributed by atoms with E-state index >= 15 is 0 Å². The highest BCUT2D eigenvalue weighted by molar-refractivity contribution is 6.43. The summed E-state index contributed by atoms with van der Waals surface area (Å²) < 4.78 is 0. The lowest BCUT2D eigenvalue weighted by Gasteiger charge is -2.06. The molecule has 0 amide bonds. The zero-order valence-electron chi connectivity index (χ0n) is 10.1. The fraction of sp³-hybridized carbons (Fsp3) is 0.308. The normalized spacial score (nSPS) is 12.7. The molecule has 3 N–H and O–H groups in total. The second-order valence-corrected chi connectivity index (χ2v) is 5.05. The molecule has 0 saturated heterocycles. The summed E-state index contributed by atoms with van der Waals surface area (Å²) in [5, 5.41) is 1.08. The number of aromatic amines is 1. The van der Waals surface area contributed by atoms with Crippen molar-refractivity contribution in [3.63, 3.8) is 0 Å². The lowest BCUT2D eigenvalue weighted by Crippen LogP contribution is -2.05. The summed E-state index contributed by atoms with van der Waals surface area (Å²) in [6.07, 6.45) is 2.68. The van der Waals surface area contributed by atoms with Gasteiger partial charge in [-0.3, -0.25) is 0 Å². The van der Waals surface area contributed by atoms with Crippen LogP contribution in [0.4, 0.5) is 0 Å². The highest BCUT2D eigenvalue weighted by Crippen LogP contribution is 2.33. The molecule has 0 bridgehead atoms. The molecule has 2 rings (SSSR count). The van der Waals surface area contributed by atoms with Gasteiger partial charge in [0.05, 0.1) is 21.9 Å². The van der Waals surface area contributed by atoms with E-state index in [1.54, 1.807) is 12.3 Å². The molecule has 0 aliphatic heterocycles. The van der Waals surface area contributed by atoms with Gasteiger partial charge in [0.25, 0.3) is 0 Å². The van der Waals surface area contributed by atoms with E-state index in [9.17, 15) is 0 Å². The van der Waals surface area contributed by atoms with Crippen LogP contribution in [0.25, 0.3) is 11.3 Å². The predicted octanol–water partition coefficient (Wildman–Crippen LogP) is 3.84. The van der Waals surface area contributed by atoms with Crippen molar-refractivity contribution in [3.8, 4) is 11.3 Å². The Labute approximate surface area is 116 Å². The molecule has 1 heterocycles. The van der Waals surface area contributed by atoms with E-state index in [1.165, 1.54) is 0 Å². The van der Waals surface area contributed by atoms with Crippen molar-refractivity contribution in [1.29, 1.82) is 0 Å². The maximum Gasteiger partial charge on any atom is 0.109 e. The summed E-state index contributed by atoms with van der Waals surface area (Å²) >= 11 is 12.2. The van der Waals surface area contributed by atoms with Gasteiger partial charge in [0.15, 0.2) is 0 Å². The SMILES string of the molecule is CC(CCN)c1ncc(-c2cccc(Cl)c2Cl)[nH]1. The molecule has 0 spiro atoms. The summed E-state index contributed by atoms with van der Waals surface area (Å²) in [6, 6.07) is 5.55. The predicted molar refractivity (Wildman–Crippen MR) is 76.1 cm³/mol. The standard InChI is InChI=1S/C13H15Cl2N3/c1-8(5-6-16)13-17-7-11(18-13)9-3-2-4-10(14)12(9)15/h2-4,7-8H,5-6,16H2,1H3,(H,17,18). The van der Waals surface area contributed by atoms with E-state index in [0.29, 0.717) is 22.5 Å².